The van der Waals surface area contributed by atoms with Gasteiger partial charge in [-0.1, -0.05) is 11.6 Å². The molecule has 9 heteroatoms. The van der Waals surface area contributed by atoms with Crippen molar-refractivity contribution in [1.29, 1.82) is 0 Å². The van der Waals surface area contributed by atoms with E-state index in [0.717, 1.165) is 4.90 Å². The van der Waals surface area contributed by atoms with Gasteiger partial charge in [-0.3, -0.25) is 14.4 Å². The van der Waals surface area contributed by atoms with E-state index in [2.05, 4.69) is 10.6 Å². The van der Waals surface area contributed by atoms with E-state index in [4.69, 9.17) is 16.7 Å². The maximum absolute atomic E-state index is 12.3. The van der Waals surface area contributed by atoms with E-state index in [-0.39, 0.29) is 31.7 Å². The van der Waals surface area contributed by atoms with Crippen molar-refractivity contribution in [3.63, 3.8) is 0 Å². The first-order valence-corrected chi connectivity index (χ1v) is 7.65. The monoisotopic (exact) mass is 353 g/mol. The number of hydrogen-bond donors (Lipinski definition) is 3. The quantitative estimate of drug-likeness (QED) is 0.635. The van der Waals surface area contributed by atoms with Gasteiger partial charge in [-0.15, -0.1) is 0 Å². The van der Waals surface area contributed by atoms with Crippen LogP contribution < -0.4 is 15.5 Å². The topological polar surface area (TPSA) is 116 Å². The molecule has 1 aliphatic rings. The maximum atomic E-state index is 12.3. The van der Waals surface area contributed by atoms with E-state index in [1.807, 2.05) is 0 Å². The van der Waals surface area contributed by atoms with Crippen molar-refractivity contribution in [3.05, 3.63) is 29.3 Å². The van der Waals surface area contributed by atoms with Crippen LogP contribution in [-0.4, -0.2) is 41.5 Å². The largest absolute Gasteiger partial charge is 0.481 e. The van der Waals surface area contributed by atoms with Gasteiger partial charge < -0.3 is 15.7 Å². The fourth-order valence-corrected chi connectivity index (χ4v) is 2.36. The Balaban J connectivity index is 1.88. The van der Waals surface area contributed by atoms with Gasteiger partial charge >= 0.3 is 12.0 Å². The van der Waals surface area contributed by atoms with Crippen LogP contribution in [0.4, 0.5) is 10.5 Å². The highest BCUT2D eigenvalue weighted by Crippen LogP contribution is 2.23. The Morgan fingerprint density at radius 1 is 1.21 bits per heavy atom. The van der Waals surface area contributed by atoms with Gasteiger partial charge in [-0.25, -0.2) is 9.69 Å². The predicted molar refractivity (Wildman–Crippen MR) is 85.8 cm³/mol. The predicted octanol–water partition coefficient (Wildman–Crippen LogP) is 1.14. The number of hydrogen-bond acceptors (Lipinski definition) is 4. The number of carboxylic acids is 1. The van der Waals surface area contributed by atoms with Gasteiger partial charge in [0.15, 0.2) is 0 Å². The number of rotatable bonds is 7. The molecule has 1 saturated heterocycles. The minimum atomic E-state index is -1.01. The van der Waals surface area contributed by atoms with Crippen LogP contribution in [-0.2, 0) is 14.4 Å². The maximum Gasteiger partial charge on any atom is 0.329 e. The van der Waals surface area contributed by atoms with Crippen molar-refractivity contribution in [1.82, 2.24) is 10.6 Å². The van der Waals surface area contributed by atoms with Crippen LogP contribution in [0.25, 0.3) is 0 Å². The summed E-state index contributed by atoms with van der Waals surface area (Å²) >= 11 is 5.78. The summed E-state index contributed by atoms with van der Waals surface area (Å²) in [5.41, 5.74) is 0.398. The summed E-state index contributed by atoms with van der Waals surface area (Å²) in [5.74, 6) is -1.82. The highest BCUT2D eigenvalue weighted by atomic mass is 35.5. The first kappa shape index (κ1) is 17.7. The van der Waals surface area contributed by atoms with E-state index >= 15 is 0 Å². The van der Waals surface area contributed by atoms with E-state index < -0.39 is 23.9 Å². The van der Waals surface area contributed by atoms with Crippen molar-refractivity contribution in [2.24, 2.45) is 0 Å². The van der Waals surface area contributed by atoms with Gasteiger partial charge in [-0.05, 0) is 30.7 Å². The number of anilines is 1. The minimum Gasteiger partial charge on any atom is -0.481 e. The van der Waals surface area contributed by atoms with Gasteiger partial charge in [-0.2, -0.15) is 0 Å². The molecule has 0 bridgehead atoms. The highest BCUT2D eigenvalue weighted by molar-refractivity contribution is 6.30. The van der Waals surface area contributed by atoms with E-state index in [1.54, 1.807) is 24.3 Å². The molecule has 0 spiro atoms. The van der Waals surface area contributed by atoms with Gasteiger partial charge in [0.25, 0.3) is 5.91 Å². The number of amides is 4. The number of imide groups is 1. The average molecular weight is 354 g/mol. The summed E-state index contributed by atoms with van der Waals surface area (Å²) in [6.07, 6.45) is -0.0342. The summed E-state index contributed by atoms with van der Waals surface area (Å²) in [4.78, 5) is 47.3. The lowest BCUT2D eigenvalue weighted by atomic mass is 10.1. The number of aliphatic carboxylic acids is 1. The number of urea groups is 1. The summed E-state index contributed by atoms with van der Waals surface area (Å²) < 4.78 is 0. The fraction of sp³-hybridized carbons (Fsp3) is 0.333. The number of benzene rings is 1. The lowest BCUT2D eigenvalue weighted by Gasteiger charge is -2.13. The fourth-order valence-electron chi connectivity index (χ4n) is 2.23. The summed E-state index contributed by atoms with van der Waals surface area (Å²) in [6, 6.07) is 4.90. The average Bonchev–Trinajstić information content (AvgIpc) is 2.80. The molecule has 1 aromatic rings. The Hall–Kier alpha value is -2.61. The molecule has 3 N–H and O–H groups in total. The molecule has 1 fully saturated rings. The normalized spacial score (nSPS) is 16.9. The van der Waals surface area contributed by atoms with Crippen LogP contribution in [0.5, 0.6) is 0 Å². The Morgan fingerprint density at radius 2 is 1.88 bits per heavy atom. The molecule has 0 radical (unpaired) electrons. The summed E-state index contributed by atoms with van der Waals surface area (Å²) in [6.45, 7) is 0.0238. The zero-order valence-electron chi connectivity index (χ0n) is 12.6. The Kier molecular flexibility index (Phi) is 5.75. The molecule has 2 rings (SSSR count). The van der Waals surface area contributed by atoms with Crippen LogP contribution in [0.15, 0.2) is 24.3 Å². The number of carbonyl (C=O) groups excluding carboxylic acids is 3. The van der Waals surface area contributed by atoms with Gasteiger partial charge in [0.2, 0.25) is 5.91 Å². The molecule has 1 atom stereocenters. The summed E-state index contributed by atoms with van der Waals surface area (Å²) in [7, 11) is 0. The van der Waals surface area contributed by atoms with Crippen LogP contribution in [0.1, 0.15) is 19.3 Å². The first-order valence-electron chi connectivity index (χ1n) is 7.27. The lowest BCUT2D eigenvalue weighted by Crippen LogP contribution is -2.33. The molecule has 4 amide bonds. The van der Waals surface area contributed by atoms with E-state index in [1.165, 1.54) is 0 Å². The standard InChI is InChI=1S/C15H16ClN3O5/c16-9-1-3-10(4-2-9)19-14(23)11(18-15(19)24)5-6-12(20)17-8-7-13(21)22/h1-4,11H,5-8H2,(H,17,20)(H,18,24)(H,21,22)/t11-/m1/s1. The molecule has 8 nitrogen and oxygen atoms in total. The van der Waals surface area contributed by atoms with Crippen LogP contribution in [0, 0.1) is 0 Å². The number of halogens is 1. The van der Waals surface area contributed by atoms with Crippen molar-refractivity contribution in [2.75, 3.05) is 11.4 Å². The second-order valence-electron chi connectivity index (χ2n) is 5.18. The van der Waals surface area contributed by atoms with Crippen molar-refractivity contribution in [2.45, 2.75) is 25.3 Å². The zero-order valence-corrected chi connectivity index (χ0v) is 13.4. The SMILES string of the molecule is O=C(O)CCNC(=O)CC[C@H]1NC(=O)N(c2ccc(Cl)cc2)C1=O. The third kappa shape index (κ3) is 4.45. The van der Waals surface area contributed by atoms with E-state index in [0.29, 0.717) is 10.7 Å². The third-order valence-corrected chi connectivity index (χ3v) is 3.68. The second kappa shape index (κ2) is 7.78. The molecule has 24 heavy (non-hydrogen) atoms. The molecule has 0 unspecified atom stereocenters. The van der Waals surface area contributed by atoms with E-state index in [9.17, 15) is 19.2 Å². The molecule has 1 aliphatic heterocycles. The minimum absolute atomic E-state index is 0.00473. The first-order chi connectivity index (χ1) is 11.4. The Morgan fingerprint density at radius 3 is 2.50 bits per heavy atom. The molecule has 1 aromatic carbocycles. The number of nitrogens with one attached hydrogen (secondary N) is 2. The van der Waals surface area contributed by atoms with Crippen molar-refractivity contribution < 1.29 is 24.3 Å². The van der Waals surface area contributed by atoms with Gasteiger partial charge in [0, 0.05) is 18.0 Å². The van der Waals surface area contributed by atoms with Crippen LogP contribution in [0.2, 0.25) is 5.02 Å². The van der Waals surface area contributed by atoms with Gasteiger partial charge in [0.1, 0.15) is 6.04 Å². The highest BCUT2D eigenvalue weighted by Gasteiger charge is 2.38. The van der Waals surface area contributed by atoms with Gasteiger partial charge in [0.05, 0.1) is 12.1 Å². The Bertz CT molecular complexity index is 662. The number of carboxylic acid groups (broad SMARTS) is 1. The molecule has 0 aromatic heterocycles. The molecular formula is C15H16ClN3O5. The van der Waals surface area contributed by atoms with Crippen LogP contribution in [0.3, 0.4) is 0 Å². The molecular weight excluding hydrogens is 338 g/mol. The molecule has 0 saturated carbocycles. The lowest BCUT2D eigenvalue weighted by molar-refractivity contribution is -0.137. The summed E-state index contributed by atoms with van der Waals surface area (Å²) in [5, 5.41) is 13.9. The smallest absolute Gasteiger partial charge is 0.329 e. The molecule has 0 aliphatic carbocycles. The third-order valence-electron chi connectivity index (χ3n) is 3.43. The molecule has 1 heterocycles. The van der Waals surface area contributed by atoms with Crippen molar-refractivity contribution >= 4 is 41.1 Å². The zero-order chi connectivity index (χ0) is 17.7. The van der Waals surface area contributed by atoms with Crippen LogP contribution >= 0.6 is 11.6 Å². The second-order valence-corrected chi connectivity index (χ2v) is 5.62. The number of nitrogens with zero attached hydrogens (tertiary/aromatic N) is 1. The Labute approximate surface area is 142 Å². The van der Waals surface area contributed by atoms with Crippen molar-refractivity contribution in [3.8, 4) is 0 Å². The number of carbonyl (C=O) groups is 4. The molecule has 128 valence electrons.